The van der Waals surface area contributed by atoms with E-state index in [2.05, 4.69) is 17.2 Å². The van der Waals surface area contributed by atoms with Gasteiger partial charge in [-0.25, -0.2) is 4.98 Å². The number of hydrogen-bond acceptors (Lipinski definition) is 4. The molecule has 0 aromatic carbocycles. The summed E-state index contributed by atoms with van der Waals surface area (Å²) in [6.45, 7) is 4.54. The topological polar surface area (TPSA) is 43.4 Å². The highest BCUT2D eigenvalue weighted by molar-refractivity contribution is 5.32. The Kier molecular flexibility index (Phi) is 5.27. The summed E-state index contributed by atoms with van der Waals surface area (Å²) >= 11 is 0. The molecule has 0 amide bonds. The average molecular weight is 250 g/mol. The second-order valence-electron chi connectivity index (χ2n) is 4.61. The third-order valence-electron chi connectivity index (χ3n) is 3.03. The van der Waals surface area contributed by atoms with Crippen LogP contribution in [0.5, 0.6) is 11.6 Å². The Hall–Kier alpha value is -1.29. The van der Waals surface area contributed by atoms with Crippen molar-refractivity contribution in [2.24, 2.45) is 0 Å². The molecule has 2 heterocycles. The smallest absolute Gasteiger partial charge is 0.257 e. The molecule has 1 aromatic heterocycles. The molecule has 100 valence electrons. The van der Waals surface area contributed by atoms with Gasteiger partial charge in [-0.1, -0.05) is 13.3 Å². The largest absolute Gasteiger partial charge is 0.488 e. The lowest BCUT2D eigenvalue weighted by Crippen LogP contribution is -2.38. The molecular weight excluding hydrogens is 228 g/mol. The number of ether oxygens (including phenoxy) is 2. The van der Waals surface area contributed by atoms with Gasteiger partial charge < -0.3 is 14.8 Å². The van der Waals surface area contributed by atoms with E-state index in [9.17, 15) is 0 Å². The van der Waals surface area contributed by atoms with Gasteiger partial charge in [0.2, 0.25) is 0 Å². The van der Waals surface area contributed by atoms with E-state index in [0.717, 1.165) is 18.7 Å². The van der Waals surface area contributed by atoms with Gasteiger partial charge in [0.1, 0.15) is 6.61 Å². The van der Waals surface area contributed by atoms with E-state index < -0.39 is 0 Å². The Balaban J connectivity index is 1.87. The highest BCUT2D eigenvalue weighted by atomic mass is 16.5. The van der Waals surface area contributed by atoms with Gasteiger partial charge in [0.25, 0.3) is 5.88 Å². The van der Waals surface area contributed by atoms with Crippen molar-refractivity contribution in [1.82, 2.24) is 10.3 Å². The van der Waals surface area contributed by atoms with Gasteiger partial charge in [-0.15, -0.1) is 0 Å². The Morgan fingerprint density at radius 1 is 1.39 bits per heavy atom. The summed E-state index contributed by atoms with van der Waals surface area (Å²) in [6, 6.07) is 4.23. The predicted octanol–water partition coefficient (Wildman–Crippen LogP) is 2.39. The number of hydrogen-bond donors (Lipinski definition) is 1. The van der Waals surface area contributed by atoms with Gasteiger partial charge >= 0.3 is 0 Å². The normalized spacial score (nSPS) is 19.5. The van der Waals surface area contributed by atoms with Crippen molar-refractivity contribution in [3.63, 3.8) is 0 Å². The van der Waals surface area contributed by atoms with Crippen LogP contribution in [0.2, 0.25) is 0 Å². The molecule has 1 atom stereocenters. The standard InChI is InChI=1S/C14H22N2O2/c1-2-10-17-13-7-5-9-16-14(13)18-11-12-6-3-4-8-15-12/h5,7,9,12,15H,2-4,6,8,10-11H2,1H3. The first-order valence-corrected chi connectivity index (χ1v) is 6.84. The molecule has 2 rings (SSSR count). The van der Waals surface area contributed by atoms with E-state index in [4.69, 9.17) is 9.47 Å². The summed E-state index contributed by atoms with van der Waals surface area (Å²) in [6.07, 6.45) is 6.45. The quantitative estimate of drug-likeness (QED) is 0.842. The third kappa shape index (κ3) is 3.88. The fourth-order valence-electron chi connectivity index (χ4n) is 2.05. The lowest BCUT2D eigenvalue weighted by atomic mass is 10.1. The number of piperidine rings is 1. The van der Waals surface area contributed by atoms with Gasteiger partial charge in [-0.05, 0) is 37.9 Å². The molecule has 0 spiro atoms. The van der Waals surface area contributed by atoms with Crippen LogP contribution in [0.1, 0.15) is 32.6 Å². The average Bonchev–Trinajstić information content (AvgIpc) is 2.45. The van der Waals surface area contributed by atoms with Crippen molar-refractivity contribution in [2.45, 2.75) is 38.6 Å². The molecule has 1 aliphatic heterocycles. The summed E-state index contributed by atoms with van der Waals surface area (Å²) < 4.78 is 11.4. The Morgan fingerprint density at radius 3 is 3.11 bits per heavy atom. The predicted molar refractivity (Wildman–Crippen MR) is 71.2 cm³/mol. The van der Waals surface area contributed by atoms with Crippen LogP contribution in [0.3, 0.4) is 0 Å². The molecular formula is C14H22N2O2. The minimum absolute atomic E-state index is 0.444. The minimum atomic E-state index is 0.444. The zero-order valence-corrected chi connectivity index (χ0v) is 11.0. The highest BCUT2D eigenvalue weighted by Crippen LogP contribution is 2.24. The number of pyridine rings is 1. The van der Waals surface area contributed by atoms with Crippen molar-refractivity contribution in [3.8, 4) is 11.6 Å². The summed E-state index contributed by atoms with van der Waals surface area (Å²) in [5.74, 6) is 1.36. The van der Waals surface area contributed by atoms with Crippen LogP contribution >= 0.6 is 0 Å². The van der Waals surface area contributed by atoms with Crippen molar-refractivity contribution in [1.29, 1.82) is 0 Å². The number of aromatic nitrogens is 1. The molecule has 0 radical (unpaired) electrons. The molecule has 1 aliphatic rings. The first-order valence-electron chi connectivity index (χ1n) is 6.84. The monoisotopic (exact) mass is 250 g/mol. The molecule has 1 fully saturated rings. The molecule has 1 saturated heterocycles. The van der Waals surface area contributed by atoms with E-state index in [1.54, 1.807) is 6.20 Å². The Labute approximate surface area is 109 Å². The molecule has 1 aromatic rings. The number of rotatable bonds is 6. The fourth-order valence-corrected chi connectivity index (χ4v) is 2.05. The van der Waals surface area contributed by atoms with Crippen LogP contribution in [-0.4, -0.2) is 30.8 Å². The Morgan fingerprint density at radius 2 is 2.33 bits per heavy atom. The molecule has 18 heavy (non-hydrogen) atoms. The summed E-state index contributed by atoms with van der Waals surface area (Å²) in [4.78, 5) is 4.24. The summed E-state index contributed by atoms with van der Waals surface area (Å²) in [5, 5.41) is 3.46. The molecule has 0 saturated carbocycles. The first kappa shape index (κ1) is 13.1. The van der Waals surface area contributed by atoms with E-state index in [0.29, 0.717) is 25.1 Å². The summed E-state index contributed by atoms with van der Waals surface area (Å²) in [5.41, 5.74) is 0. The second-order valence-corrected chi connectivity index (χ2v) is 4.61. The van der Waals surface area contributed by atoms with E-state index in [-0.39, 0.29) is 0 Å². The lowest BCUT2D eigenvalue weighted by Gasteiger charge is -2.23. The third-order valence-corrected chi connectivity index (χ3v) is 3.03. The number of nitrogens with one attached hydrogen (secondary N) is 1. The van der Waals surface area contributed by atoms with Crippen LogP contribution in [0.15, 0.2) is 18.3 Å². The van der Waals surface area contributed by atoms with Crippen LogP contribution in [-0.2, 0) is 0 Å². The maximum atomic E-state index is 5.78. The zero-order valence-electron chi connectivity index (χ0n) is 11.0. The van der Waals surface area contributed by atoms with E-state index in [1.165, 1.54) is 19.3 Å². The molecule has 4 heteroatoms. The van der Waals surface area contributed by atoms with Gasteiger partial charge in [-0.3, -0.25) is 0 Å². The van der Waals surface area contributed by atoms with Crippen LogP contribution in [0.25, 0.3) is 0 Å². The van der Waals surface area contributed by atoms with Crippen molar-refractivity contribution in [2.75, 3.05) is 19.8 Å². The van der Waals surface area contributed by atoms with Crippen molar-refractivity contribution in [3.05, 3.63) is 18.3 Å². The molecule has 1 N–H and O–H groups in total. The van der Waals surface area contributed by atoms with Crippen LogP contribution in [0.4, 0.5) is 0 Å². The molecule has 0 bridgehead atoms. The fraction of sp³-hybridized carbons (Fsp3) is 0.643. The molecule has 0 aliphatic carbocycles. The Bertz CT molecular complexity index is 351. The first-order chi connectivity index (χ1) is 8.90. The van der Waals surface area contributed by atoms with Crippen LogP contribution < -0.4 is 14.8 Å². The molecule has 1 unspecified atom stereocenters. The van der Waals surface area contributed by atoms with Gasteiger partial charge in [-0.2, -0.15) is 0 Å². The zero-order chi connectivity index (χ0) is 12.6. The maximum Gasteiger partial charge on any atom is 0.257 e. The van der Waals surface area contributed by atoms with Crippen molar-refractivity contribution < 1.29 is 9.47 Å². The second kappa shape index (κ2) is 7.21. The SMILES string of the molecule is CCCOc1cccnc1OCC1CCCCN1. The van der Waals surface area contributed by atoms with E-state index >= 15 is 0 Å². The minimum Gasteiger partial charge on any atom is -0.488 e. The van der Waals surface area contributed by atoms with Gasteiger partial charge in [0.15, 0.2) is 5.75 Å². The summed E-state index contributed by atoms with van der Waals surface area (Å²) in [7, 11) is 0. The van der Waals surface area contributed by atoms with Gasteiger partial charge in [0.05, 0.1) is 6.61 Å². The molecule has 4 nitrogen and oxygen atoms in total. The van der Waals surface area contributed by atoms with Crippen molar-refractivity contribution >= 4 is 0 Å². The number of nitrogens with zero attached hydrogens (tertiary/aromatic N) is 1. The van der Waals surface area contributed by atoms with Crippen LogP contribution in [0, 0.1) is 0 Å². The van der Waals surface area contributed by atoms with E-state index in [1.807, 2.05) is 12.1 Å². The maximum absolute atomic E-state index is 5.78. The highest BCUT2D eigenvalue weighted by Gasteiger charge is 2.14. The lowest BCUT2D eigenvalue weighted by molar-refractivity contribution is 0.216. The van der Waals surface area contributed by atoms with Gasteiger partial charge in [0, 0.05) is 12.2 Å².